The van der Waals surface area contributed by atoms with Gasteiger partial charge in [0.05, 0.1) is 0 Å². The van der Waals surface area contributed by atoms with E-state index in [0.717, 1.165) is 11.4 Å². The first-order valence-corrected chi connectivity index (χ1v) is 5.56. The molecule has 3 nitrogen and oxygen atoms in total. The van der Waals surface area contributed by atoms with Gasteiger partial charge in [-0.1, -0.05) is 24.3 Å². The van der Waals surface area contributed by atoms with Crippen molar-refractivity contribution in [3.8, 4) is 0 Å². The molecule has 0 aliphatic heterocycles. The maximum absolute atomic E-state index is 11.8. The van der Waals surface area contributed by atoms with Crippen molar-refractivity contribution in [3.63, 3.8) is 0 Å². The van der Waals surface area contributed by atoms with Crippen molar-refractivity contribution in [2.45, 2.75) is 13.5 Å². The number of pyridine rings is 1. The average Bonchev–Trinajstić information content (AvgIpc) is 2.33. The highest BCUT2D eigenvalue weighted by molar-refractivity contribution is 5.89. The van der Waals surface area contributed by atoms with E-state index >= 15 is 0 Å². The zero-order valence-electron chi connectivity index (χ0n) is 10.1. The summed E-state index contributed by atoms with van der Waals surface area (Å²) in [5.74, 6) is -0.0181. The van der Waals surface area contributed by atoms with Gasteiger partial charge in [-0.15, -0.1) is 0 Å². The van der Waals surface area contributed by atoms with E-state index in [-0.39, 0.29) is 18.3 Å². The number of para-hydroxylation sites is 1. The van der Waals surface area contributed by atoms with Crippen LogP contribution >= 0.6 is 0 Å². The van der Waals surface area contributed by atoms with Crippen molar-refractivity contribution in [1.29, 1.82) is 0 Å². The third-order valence-corrected chi connectivity index (χ3v) is 2.54. The molecule has 1 amide bonds. The van der Waals surface area contributed by atoms with Gasteiger partial charge in [-0.05, 0) is 12.1 Å². The number of carbonyl (C=O) groups excluding carboxylic acids is 1. The second kappa shape index (κ2) is 6.77. The lowest BCUT2D eigenvalue weighted by Gasteiger charge is -2.03. The molecule has 4 heteroatoms. The number of hydrogen-bond donors (Lipinski definition) is 1. The van der Waals surface area contributed by atoms with Gasteiger partial charge < -0.3 is 17.7 Å². The average molecular weight is 263 g/mol. The fourth-order valence-corrected chi connectivity index (χ4v) is 1.62. The van der Waals surface area contributed by atoms with Gasteiger partial charge in [0.15, 0.2) is 11.9 Å². The minimum atomic E-state index is -0.0181. The summed E-state index contributed by atoms with van der Waals surface area (Å²) in [7, 11) is 0. The smallest absolute Gasteiger partial charge is 0.290 e. The zero-order valence-corrected chi connectivity index (χ0v) is 10.9. The highest BCUT2D eigenvalue weighted by atomic mass is 35.5. The summed E-state index contributed by atoms with van der Waals surface area (Å²) in [6.07, 6.45) is 1.90. The van der Waals surface area contributed by atoms with E-state index < -0.39 is 0 Å². The number of aryl methyl sites for hydroxylation is 1. The minimum absolute atomic E-state index is 0. The largest absolute Gasteiger partial charge is 1.00 e. The number of nitrogens with zero attached hydrogens (tertiary/aromatic N) is 1. The Hall–Kier alpha value is -1.87. The van der Waals surface area contributed by atoms with Crippen LogP contribution in [-0.4, -0.2) is 5.91 Å². The van der Waals surface area contributed by atoms with Crippen LogP contribution in [0.4, 0.5) is 5.69 Å². The van der Waals surface area contributed by atoms with Gasteiger partial charge in [0.25, 0.3) is 5.91 Å². The molecule has 1 aromatic heterocycles. The number of anilines is 1. The third-order valence-electron chi connectivity index (χ3n) is 2.54. The standard InChI is InChI=1S/C14H14N2O.ClH/c1-12-7-5-6-10-16(12)11-14(17)15-13-8-3-2-4-9-13;/h2-10H,11H2,1H3;1H. The number of aromatic nitrogens is 1. The van der Waals surface area contributed by atoms with Gasteiger partial charge in [0.1, 0.15) is 0 Å². The second-order valence-electron chi connectivity index (χ2n) is 3.88. The van der Waals surface area contributed by atoms with Gasteiger partial charge in [0.2, 0.25) is 6.54 Å². The Kier molecular flexibility index (Phi) is 5.33. The van der Waals surface area contributed by atoms with Gasteiger partial charge >= 0.3 is 0 Å². The van der Waals surface area contributed by atoms with Crippen molar-refractivity contribution in [2.75, 3.05) is 5.32 Å². The van der Waals surface area contributed by atoms with Crippen LogP contribution in [0.3, 0.4) is 0 Å². The Morgan fingerprint density at radius 2 is 1.78 bits per heavy atom. The summed E-state index contributed by atoms with van der Waals surface area (Å²) in [6, 6.07) is 15.3. The normalized spacial score (nSPS) is 9.39. The summed E-state index contributed by atoms with van der Waals surface area (Å²) < 4.78 is 1.91. The number of nitrogens with one attached hydrogen (secondary N) is 1. The van der Waals surface area contributed by atoms with Crippen molar-refractivity contribution < 1.29 is 21.8 Å². The molecule has 0 atom stereocenters. The van der Waals surface area contributed by atoms with Gasteiger partial charge in [-0.25, -0.2) is 0 Å². The highest BCUT2D eigenvalue weighted by Gasteiger charge is 2.11. The predicted octanol–water partition coefficient (Wildman–Crippen LogP) is -1.07. The molecule has 0 saturated carbocycles. The second-order valence-corrected chi connectivity index (χ2v) is 3.88. The summed E-state index contributed by atoms with van der Waals surface area (Å²) in [5, 5.41) is 2.86. The van der Waals surface area contributed by atoms with Crippen LogP contribution < -0.4 is 22.3 Å². The molecule has 18 heavy (non-hydrogen) atoms. The maximum Gasteiger partial charge on any atom is 0.290 e. The van der Waals surface area contributed by atoms with E-state index in [1.54, 1.807) is 0 Å². The van der Waals surface area contributed by atoms with Crippen molar-refractivity contribution in [3.05, 3.63) is 60.4 Å². The summed E-state index contributed by atoms with van der Waals surface area (Å²) in [6.45, 7) is 2.32. The fourth-order valence-electron chi connectivity index (χ4n) is 1.62. The number of carbonyl (C=O) groups is 1. The Morgan fingerprint density at radius 3 is 2.44 bits per heavy atom. The lowest BCUT2D eigenvalue weighted by Crippen LogP contribution is -3.00. The van der Waals surface area contributed by atoms with Crippen LogP contribution in [0, 0.1) is 6.92 Å². The number of amides is 1. The number of benzene rings is 1. The first-order chi connectivity index (χ1) is 8.25. The van der Waals surface area contributed by atoms with Crippen molar-refractivity contribution in [2.24, 2.45) is 0 Å². The molecular weight excluding hydrogens is 248 g/mol. The number of halogens is 1. The molecule has 94 valence electrons. The van der Waals surface area contributed by atoms with E-state index in [1.165, 1.54) is 0 Å². The van der Waals surface area contributed by atoms with E-state index in [0.29, 0.717) is 6.54 Å². The minimum Gasteiger partial charge on any atom is -1.00 e. The summed E-state index contributed by atoms with van der Waals surface area (Å²) in [4.78, 5) is 11.8. The topological polar surface area (TPSA) is 33.0 Å². The Bertz CT molecular complexity index is 514. The van der Waals surface area contributed by atoms with Crippen LogP contribution in [-0.2, 0) is 11.3 Å². The molecule has 2 rings (SSSR count). The molecule has 0 unspecified atom stereocenters. The van der Waals surface area contributed by atoms with Crippen LogP contribution in [0.5, 0.6) is 0 Å². The van der Waals surface area contributed by atoms with E-state index in [9.17, 15) is 4.79 Å². The SMILES string of the molecule is Cc1cccc[n+]1CC(=O)Nc1ccccc1.[Cl-]. The van der Waals surface area contributed by atoms with E-state index in [4.69, 9.17) is 0 Å². The Labute approximate surface area is 113 Å². The molecule has 1 heterocycles. The van der Waals surface area contributed by atoms with Crippen molar-refractivity contribution >= 4 is 11.6 Å². The number of rotatable bonds is 3. The predicted molar refractivity (Wildman–Crippen MR) is 66.4 cm³/mol. The third kappa shape index (κ3) is 3.86. The molecule has 0 aliphatic rings. The summed E-state index contributed by atoms with van der Waals surface area (Å²) >= 11 is 0. The van der Waals surface area contributed by atoms with Gasteiger partial charge in [-0.2, -0.15) is 4.57 Å². The van der Waals surface area contributed by atoms with Gasteiger partial charge in [-0.3, -0.25) is 4.79 Å². The molecule has 0 saturated heterocycles. The molecule has 0 bridgehead atoms. The maximum atomic E-state index is 11.8. The van der Waals surface area contributed by atoms with Crippen LogP contribution in [0.1, 0.15) is 5.69 Å². The lowest BCUT2D eigenvalue weighted by atomic mass is 10.3. The Balaban J connectivity index is 0.00000162. The molecule has 0 radical (unpaired) electrons. The van der Waals surface area contributed by atoms with Crippen LogP contribution in [0.2, 0.25) is 0 Å². The molecule has 2 aromatic rings. The van der Waals surface area contributed by atoms with Crippen LogP contribution in [0.25, 0.3) is 0 Å². The monoisotopic (exact) mass is 262 g/mol. The van der Waals surface area contributed by atoms with Crippen LogP contribution in [0.15, 0.2) is 54.7 Å². The molecule has 0 fully saturated rings. The zero-order chi connectivity index (χ0) is 12.1. The number of hydrogen-bond acceptors (Lipinski definition) is 1. The lowest BCUT2D eigenvalue weighted by molar-refractivity contribution is -0.690. The molecule has 0 aliphatic carbocycles. The first-order valence-electron chi connectivity index (χ1n) is 5.56. The quantitative estimate of drug-likeness (QED) is 0.702. The molecule has 0 spiro atoms. The van der Waals surface area contributed by atoms with Gasteiger partial charge in [0, 0.05) is 24.7 Å². The fraction of sp³-hybridized carbons (Fsp3) is 0.143. The summed E-state index contributed by atoms with van der Waals surface area (Å²) in [5.41, 5.74) is 1.89. The first kappa shape index (κ1) is 14.2. The van der Waals surface area contributed by atoms with Crippen molar-refractivity contribution in [1.82, 2.24) is 0 Å². The molecule has 1 N–H and O–H groups in total. The van der Waals surface area contributed by atoms with E-state index in [2.05, 4.69) is 5.32 Å². The van der Waals surface area contributed by atoms with E-state index in [1.807, 2.05) is 66.2 Å². The molecular formula is C14H15ClN2O. The molecule has 1 aromatic carbocycles. The Morgan fingerprint density at radius 1 is 1.11 bits per heavy atom. The highest BCUT2D eigenvalue weighted by Crippen LogP contribution is 2.04.